The van der Waals surface area contributed by atoms with E-state index in [9.17, 15) is 17.7 Å². The molecule has 0 radical (unpaired) electrons. The van der Waals surface area contributed by atoms with Crippen molar-refractivity contribution in [3.05, 3.63) is 0 Å². The minimum absolute atomic E-state index is 0.686. The van der Waals surface area contributed by atoms with Crippen LogP contribution in [0.15, 0.2) is 5.21 Å². The lowest BCUT2D eigenvalue weighted by Crippen LogP contribution is -2.23. The largest absolute Gasteiger partial charge is 0.476 e. The van der Waals surface area contributed by atoms with E-state index in [1.165, 1.54) is 5.21 Å². The van der Waals surface area contributed by atoms with Gasteiger partial charge in [0.25, 0.3) is 0 Å². The van der Waals surface area contributed by atoms with Crippen molar-refractivity contribution in [2.24, 2.45) is 5.21 Å². The number of halogens is 4. The summed E-state index contributed by atoms with van der Waals surface area (Å²) in [6.07, 6.45) is -4.83. The van der Waals surface area contributed by atoms with E-state index in [2.05, 4.69) is 4.74 Å². The summed E-state index contributed by atoms with van der Waals surface area (Å²) in [4.78, 5) is 0. The highest BCUT2D eigenvalue weighted by Crippen LogP contribution is 2.17. The number of hydrogen-bond acceptors (Lipinski definition) is 2. The molecule has 0 aliphatic rings. The molecule has 0 aromatic heterocycles. The average Bonchev–Trinajstić information content (AvgIpc) is 1.65. The standard InChI is InChI=1S/C3H3F4NO/c1-9-2(8-7)3(4,5)6/h1H3. The molecule has 9 heavy (non-hydrogen) atoms. The van der Waals surface area contributed by atoms with Crippen LogP contribution in [0.5, 0.6) is 0 Å². The van der Waals surface area contributed by atoms with Crippen molar-refractivity contribution in [3.8, 4) is 0 Å². The number of alkyl halides is 3. The van der Waals surface area contributed by atoms with Gasteiger partial charge in [-0.25, -0.2) is 0 Å². The maximum absolute atomic E-state index is 11.2. The molecule has 0 amide bonds. The summed E-state index contributed by atoms with van der Waals surface area (Å²) in [6, 6.07) is 0. The molecular weight excluding hydrogens is 142 g/mol. The van der Waals surface area contributed by atoms with Gasteiger partial charge in [0.2, 0.25) is 0 Å². The van der Waals surface area contributed by atoms with Gasteiger partial charge in [0.1, 0.15) is 0 Å². The summed E-state index contributed by atoms with van der Waals surface area (Å²) in [5.74, 6) is -1.87. The van der Waals surface area contributed by atoms with E-state index in [0.29, 0.717) is 7.11 Å². The second-order valence-electron chi connectivity index (χ2n) is 1.09. The number of hydrogen-bond donors (Lipinski definition) is 0. The van der Waals surface area contributed by atoms with Crippen LogP contribution < -0.4 is 0 Å². The highest BCUT2D eigenvalue weighted by Gasteiger charge is 2.38. The van der Waals surface area contributed by atoms with Crippen molar-refractivity contribution in [1.82, 2.24) is 0 Å². The van der Waals surface area contributed by atoms with E-state index in [-0.39, 0.29) is 0 Å². The van der Waals surface area contributed by atoms with Crippen molar-refractivity contribution < 1.29 is 22.4 Å². The third-order valence-electron chi connectivity index (χ3n) is 0.513. The molecule has 0 bridgehead atoms. The topological polar surface area (TPSA) is 21.6 Å². The maximum Gasteiger partial charge on any atom is 0.470 e. The Morgan fingerprint density at radius 3 is 1.89 bits per heavy atom. The van der Waals surface area contributed by atoms with E-state index in [1.54, 1.807) is 0 Å². The molecule has 6 heteroatoms. The molecule has 0 rings (SSSR count). The van der Waals surface area contributed by atoms with Crippen LogP contribution in [-0.2, 0) is 4.74 Å². The van der Waals surface area contributed by atoms with Crippen LogP contribution in [0.1, 0.15) is 0 Å². The van der Waals surface area contributed by atoms with E-state index in [4.69, 9.17) is 0 Å². The second-order valence-corrected chi connectivity index (χ2v) is 1.09. The average molecular weight is 145 g/mol. The lowest BCUT2D eigenvalue weighted by Gasteiger charge is -2.03. The molecule has 0 N–H and O–H groups in total. The van der Waals surface area contributed by atoms with E-state index in [1.807, 2.05) is 0 Å². The van der Waals surface area contributed by atoms with Gasteiger partial charge in [0, 0.05) is 0 Å². The molecule has 0 saturated carbocycles. The van der Waals surface area contributed by atoms with Gasteiger partial charge in [0.15, 0.2) is 0 Å². The third kappa shape index (κ3) is 2.29. The highest BCUT2D eigenvalue weighted by atomic mass is 19.4. The van der Waals surface area contributed by atoms with Gasteiger partial charge in [-0.3, -0.25) is 0 Å². The van der Waals surface area contributed by atoms with Crippen molar-refractivity contribution in [2.45, 2.75) is 6.18 Å². The first-order valence-electron chi connectivity index (χ1n) is 1.82. The van der Waals surface area contributed by atoms with Gasteiger partial charge in [0.05, 0.1) is 7.11 Å². The Hall–Kier alpha value is -0.810. The van der Waals surface area contributed by atoms with Gasteiger partial charge in [-0.15, -0.1) is 0 Å². The molecule has 0 spiro atoms. The maximum atomic E-state index is 11.2. The Bertz CT molecular complexity index is 117. The second kappa shape index (κ2) is 2.65. The Morgan fingerprint density at radius 1 is 1.44 bits per heavy atom. The van der Waals surface area contributed by atoms with Crippen molar-refractivity contribution in [1.29, 1.82) is 0 Å². The fourth-order valence-corrected chi connectivity index (χ4v) is 0.198. The lowest BCUT2D eigenvalue weighted by atomic mass is 10.6. The minimum Gasteiger partial charge on any atom is -0.476 e. The van der Waals surface area contributed by atoms with E-state index >= 15 is 0 Å². The Labute approximate surface area is 48.1 Å². The molecule has 0 heterocycles. The molecule has 0 unspecified atom stereocenters. The summed E-state index contributed by atoms with van der Waals surface area (Å²) in [5.41, 5.74) is 0. The monoisotopic (exact) mass is 145 g/mol. The molecule has 0 aromatic rings. The zero-order valence-corrected chi connectivity index (χ0v) is 4.37. The van der Waals surface area contributed by atoms with Crippen LogP contribution in [0.4, 0.5) is 17.7 Å². The Morgan fingerprint density at radius 2 is 1.89 bits per heavy atom. The molecule has 0 atom stereocenters. The zero-order valence-electron chi connectivity index (χ0n) is 4.37. The van der Waals surface area contributed by atoms with Crippen LogP contribution in [0.2, 0.25) is 0 Å². The van der Waals surface area contributed by atoms with Gasteiger partial charge < -0.3 is 4.74 Å². The fourth-order valence-electron chi connectivity index (χ4n) is 0.198. The fraction of sp³-hybridized carbons (Fsp3) is 0.667. The molecule has 2 nitrogen and oxygen atoms in total. The summed E-state index contributed by atoms with van der Waals surface area (Å²) in [7, 11) is 0.686. The van der Waals surface area contributed by atoms with Crippen molar-refractivity contribution >= 4 is 5.90 Å². The summed E-state index contributed by atoms with van der Waals surface area (Å²) < 4.78 is 48.1. The van der Waals surface area contributed by atoms with Gasteiger partial charge >= 0.3 is 12.1 Å². The quantitative estimate of drug-likeness (QED) is 0.287. The van der Waals surface area contributed by atoms with Gasteiger partial charge in [-0.2, -0.15) is 13.2 Å². The summed E-state index contributed by atoms with van der Waals surface area (Å²) in [5, 5.41) is 1.35. The molecule has 0 saturated heterocycles. The molecule has 0 aromatic carbocycles. The number of nitrogens with zero attached hydrogens (tertiary/aromatic N) is 1. The van der Waals surface area contributed by atoms with Crippen LogP contribution in [0.3, 0.4) is 0 Å². The van der Waals surface area contributed by atoms with Crippen LogP contribution in [-0.4, -0.2) is 19.2 Å². The smallest absolute Gasteiger partial charge is 0.470 e. The van der Waals surface area contributed by atoms with E-state index in [0.717, 1.165) is 0 Å². The lowest BCUT2D eigenvalue weighted by molar-refractivity contribution is -0.0772. The number of ether oxygens (including phenoxy) is 1. The van der Waals surface area contributed by atoms with Gasteiger partial charge in [-0.05, 0) is 5.21 Å². The van der Waals surface area contributed by atoms with Crippen molar-refractivity contribution in [2.75, 3.05) is 7.11 Å². The number of methoxy groups -OCH3 is 1. The zero-order chi connectivity index (χ0) is 7.49. The highest BCUT2D eigenvalue weighted by molar-refractivity contribution is 5.81. The molecule has 0 fully saturated rings. The first-order valence-corrected chi connectivity index (χ1v) is 1.82. The first kappa shape index (κ1) is 8.19. The van der Waals surface area contributed by atoms with Crippen LogP contribution in [0, 0.1) is 0 Å². The van der Waals surface area contributed by atoms with Crippen molar-refractivity contribution in [3.63, 3.8) is 0 Å². The predicted octanol–water partition coefficient (Wildman–Crippen LogP) is 1.48. The molecular formula is C3H3F4NO. The predicted molar refractivity (Wildman–Crippen MR) is 21.6 cm³/mol. The number of rotatable bonds is 0. The normalized spacial score (nSPS) is 13.7. The summed E-state index contributed by atoms with van der Waals surface area (Å²) in [6.45, 7) is 0. The third-order valence-corrected chi connectivity index (χ3v) is 0.513. The SMILES string of the molecule is COC(=NF)C(F)(F)F. The Balaban J connectivity index is 4.14. The minimum atomic E-state index is -4.83. The summed E-state index contributed by atoms with van der Waals surface area (Å²) >= 11 is 0. The van der Waals surface area contributed by atoms with Gasteiger partial charge in [-0.1, -0.05) is 4.48 Å². The first-order chi connectivity index (χ1) is 4.02. The molecule has 54 valence electrons. The molecule has 0 aliphatic carbocycles. The van der Waals surface area contributed by atoms with E-state index < -0.39 is 12.1 Å². The molecule has 0 aliphatic heterocycles. The van der Waals surface area contributed by atoms with Crippen LogP contribution >= 0.6 is 0 Å². The Kier molecular flexibility index (Phi) is 2.41. The van der Waals surface area contributed by atoms with Crippen LogP contribution in [0.25, 0.3) is 0 Å².